The Morgan fingerprint density at radius 3 is 2.27 bits per heavy atom. The number of hydrogen-bond acceptors (Lipinski definition) is 5. The van der Waals surface area contributed by atoms with Crippen molar-refractivity contribution in [1.29, 1.82) is 0 Å². The number of methoxy groups -OCH3 is 3. The van der Waals surface area contributed by atoms with Gasteiger partial charge in [-0.25, -0.2) is 4.39 Å². The molecule has 6 heteroatoms. The van der Waals surface area contributed by atoms with Crippen LogP contribution < -0.4 is 0 Å². The minimum absolute atomic E-state index is 0.210. The van der Waals surface area contributed by atoms with E-state index in [-0.39, 0.29) is 6.61 Å². The Morgan fingerprint density at radius 1 is 1.20 bits per heavy atom. The third-order valence-corrected chi connectivity index (χ3v) is 2.47. The predicted molar refractivity (Wildman–Crippen MR) is 49.2 cm³/mol. The van der Waals surface area contributed by atoms with E-state index in [9.17, 15) is 9.50 Å². The normalized spacial score (nSPS) is 41.8. The Bertz CT molecular complexity index is 191. The molecular weight excluding hydrogens is 207 g/mol. The fraction of sp³-hybridized carbons (Fsp3) is 1.00. The minimum atomic E-state index is -1.62. The molecule has 1 rings (SSSR count). The summed E-state index contributed by atoms with van der Waals surface area (Å²) in [5.74, 6) is 0. The van der Waals surface area contributed by atoms with E-state index in [1.54, 1.807) is 0 Å². The van der Waals surface area contributed by atoms with Gasteiger partial charge in [0.15, 0.2) is 12.5 Å². The average molecular weight is 224 g/mol. The van der Waals surface area contributed by atoms with E-state index in [4.69, 9.17) is 18.9 Å². The van der Waals surface area contributed by atoms with Crippen molar-refractivity contribution in [2.45, 2.75) is 30.8 Å². The van der Waals surface area contributed by atoms with Crippen molar-refractivity contribution in [2.75, 3.05) is 27.9 Å². The summed E-state index contributed by atoms with van der Waals surface area (Å²) in [4.78, 5) is 0. The van der Waals surface area contributed by atoms with Crippen molar-refractivity contribution in [3.05, 3.63) is 0 Å². The van der Waals surface area contributed by atoms with E-state index in [2.05, 4.69) is 0 Å². The number of halogens is 1. The summed E-state index contributed by atoms with van der Waals surface area (Å²) < 4.78 is 33.4. The molecule has 0 aromatic heterocycles. The van der Waals surface area contributed by atoms with Gasteiger partial charge in [-0.15, -0.1) is 0 Å². The third kappa shape index (κ3) is 2.64. The fourth-order valence-electron chi connectivity index (χ4n) is 1.74. The summed E-state index contributed by atoms with van der Waals surface area (Å²) in [6.45, 7) is 0.210. The monoisotopic (exact) mass is 224 g/mol. The van der Waals surface area contributed by atoms with Crippen LogP contribution in [0.3, 0.4) is 0 Å². The van der Waals surface area contributed by atoms with Crippen molar-refractivity contribution >= 4 is 0 Å². The van der Waals surface area contributed by atoms with Crippen LogP contribution in [0, 0.1) is 0 Å². The van der Waals surface area contributed by atoms with Crippen molar-refractivity contribution in [3.63, 3.8) is 0 Å². The summed E-state index contributed by atoms with van der Waals surface area (Å²) in [6.07, 6.45) is -5.09. The van der Waals surface area contributed by atoms with Crippen LogP contribution in [-0.2, 0) is 18.9 Å². The van der Waals surface area contributed by atoms with E-state index in [1.165, 1.54) is 21.3 Å². The van der Waals surface area contributed by atoms with E-state index >= 15 is 0 Å². The number of alkyl halides is 1. The molecule has 1 N–H and O–H groups in total. The van der Waals surface area contributed by atoms with Gasteiger partial charge in [-0.2, -0.15) is 0 Å². The van der Waals surface area contributed by atoms with Crippen molar-refractivity contribution in [1.82, 2.24) is 0 Å². The number of ether oxygens (including phenoxy) is 4. The van der Waals surface area contributed by atoms with Crippen molar-refractivity contribution in [2.24, 2.45) is 0 Å². The zero-order valence-electron chi connectivity index (χ0n) is 9.05. The van der Waals surface area contributed by atoms with E-state index in [0.29, 0.717) is 0 Å². The van der Waals surface area contributed by atoms with Crippen LogP contribution in [0.4, 0.5) is 4.39 Å². The first-order valence-electron chi connectivity index (χ1n) is 4.67. The maximum atomic E-state index is 13.5. The Balaban J connectivity index is 2.73. The molecule has 90 valence electrons. The van der Waals surface area contributed by atoms with Gasteiger partial charge in [-0.3, -0.25) is 0 Å². The molecule has 1 fully saturated rings. The van der Waals surface area contributed by atoms with Gasteiger partial charge in [-0.05, 0) is 0 Å². The second-order valence-corrected chi connectivity index (χ2v) is 3.37. The van der Waals surface area contributed by atoms with Gasteiger partial charge in [0, 0.05) is 21.3 Å². The van der Waals surface area contributed by atoms with Crippen LogP contribution in [0.25, 0.3) is 0 Å². The third-order valence-electron chi connectivity index (χ3n) is 2.47. The maximum Gasteiger partial charge on any atom is 0.189 e. The zero-order chi connectivity index (χ0) is 11.4. The quantitative estimate of drug-likeness (QED) is 0.711. The molecule has 0 bridgehead atoms. The van der Waals surface area contributed by atoms with Gasteiger partial charge >= 0.3 is 0 Å². The molecule has 1 saturated heterocycles. The van der Waals surface area contributed by atoms with Gasteiger partial charge in [0.05, 0.1) is 6.61 Å². The van der Waals surface area contributed by atoms with Crippen LogP contribution >= 0.6 is 0 Å². The highest BCUT2D eigenvalue weighted by molar-refractivity contribution is 4.90. The Hall–Kier alpha value is -0.270. The Labute approximate surface area is 88.1 Å². The molecule has 0 spiro atoms. The van der Waals surface area contributed by atoms with Crippen molar-refractivity contribution in [3.8, 4) is 0 Å². The lowest BCUT2D eigenvalue weighted by Gasteiger charge is -2.40. The number of rotatable bonds is 4. The number of aliphatic hydroxyl groups excluding tert-OH is 1. The standard InChI is InChI=1S/C9H17FO5/c1-12-4-5-7(13-2)8(14-3)6(10)9(11)15-5/h5-9,11H,4H2,1-3H3. The maximum absolute atomic E-state index is 13.5. The molecule has 1 aliphatic heterocycles. The number of hydrogen-bond donors (Lipinski definition) is 1. The molecule has 0 radical (unpaired) electrons. The largest absolute Gasteiger partial charge is 0.382 e. The Morgan fingerprint density at radius 2 is 1.80 bits per heavy atom. The van der Waals surface area contributed by atoms with Gasteiger partial charge in [0.25, 0.3) is 0 Å². The Kier molecular flexibility index (Phi) is 4.88. The fourth-order valence-corrected chi connectivity index (χ4v) is 1.74. The zero-order valence-corrected chi connectivity index (χ0v) is 9.05. The molecule has 0 aromatic carbocycles. The summed E-state index contributed by atoms with van der Waals surface area (Å²) in [5.41, 5.74) is 0. The molecule has 5 unspecified atom stereocenters. The average Bonchev–Trinajstić information content (AvgIpc) is 2.23. The van der Waals surface area contributed by atoms with Crippen LogP contribution in [0.5, 0.6) is 0 Å². The van der Waals surface area contributed by atoms with E-state index < -0.39 is 30.8 Å². The lowest BCUT2D eigenvalue weighted by Crippen LogP contribution is -2.58. The summed E-state index contributed by atoms with van der Waals surface area (Å²) in [7, 11) is 4.30. The lowest BCUT2D eigenvalue weighted by atomic mass is 10.00. The second-order valence-electron chi connectivity index (χ2n) is 3.37. The van der Waals surface area contributed by atoms with Gasteiger partial charge in [0.1, 0.15) is 18.3 Å². The van der Waals surface area contributed by atoms with Gasteiger partial charge in [-0.1, -0.05) is 0 Å². The van der Waals surface area contributed by atoms with Gasteiger partial charge in [0.2, 0.25) is 0 Å². The van der Waals surface area contributed by atoms with Crippen LogP contribution in [0.15, 0.2) is 0 Å². The number of aliphatic hydroxyl groups is 1. The molecule has 1 aliphatic rings. The van der Waals surface area contributed by atoms with E-state index in [1.807, 2.05) is 0 Å². The first kappa shape index (κ1) is 12.8. The molecular formula is C9H17FO5. The summed E-state index contributed by atoms with van der Waals surface area (Å²) >= 11 is 0. The first-order valence-corrected chi connectivity index (χ1v) is 4.67. The second kappa shape index (κ2) is 5.72. The van der Waals surface area contributed by atoms with Gasteiger partial charge < -0.3 is 24.1 Å². The molecule has 0 aromatic rings. The highest BCUT2D eigenvalue weighted by atomic mass is 19.1. The molecule has 0 amide bonds. The molecule has 1 heterocycles. The van der Waals surface area contributed by atoms with Crippen LogP contribution in [-0.4, -0.2) is 63.8 Å². The molecule has 15 heavy (non-hydrogen) atoms. The summed E-state index contributed by atoms with van der Waals surface area (Å²) in [5, 5.41) is 9.30. The SMILES string of the molecule is COCC1OC(O)C(F)C(OC)C1OC. The van der Waals surface area contributed by atoms with Crippen LogP contribution in [0.2, 0.25) is 0 Å². The molecule has 5 atom stereocenters. The first-order chi connectivity index (χ1) is 7.15. The van der Waals surface area contributed by atoms with Crippen molar-refractivity contribution < 1.29 is 28.4 Å². The lowest BCUT2D eigenvalue weighted by molar-refractivity contribution is -0.281. The summed E-state index contributed by atoms with van der Waals surface area (Å²) in [6, 6.07) is 0. The smallest absolute Gasteiger partial charge is 0.189 e. The van der Waals surface area contributed by atoms with E-state index in [0.717, 1.165) is 0 Å². The molecule has 5 nitrogen and oxygen atoms in total. The highest BCUT2D eigenvalue weighted by Crippen LogP contribution is 2.26. The molecule has 0 aliphatic carbocycles. The predicted octanol–water partition coefficient (Wildman–Crippen LogP) is -0.282. The highest BCUT2D eigenvalue weighted by Gasteiger charge is 2.46. The van der Waals surface area contributed by atoms with Crippen LogP contribution in [0.1, 0.15) is 0 Å². The molecule has 0 saturated carbocycles. The minimum Gasteiger partial charge on any atom is -0.382 e. The topological polar surface area (TPSA) is 57.2 Å².